The van der Waals surface area contributed by atoms with Gasteiger partial charge in [-0.3, -0.25) is 4.79 Å². The quantitative estimate of drug-likeness (QED) is 0.573. The second-order valence-electron chi connectivity index (χ2n) is 5.78. The van der Waals surface area contributed by atoms with Gasteiger partial charge in [-0.25, -0.2) is 8.78 Å². The maximum Gasteiger partial charge on any atom is 0.277 e. The minimum atomic E-state index is -0.540. The average molecular weight is 405 g/mol. The Labute approximate surface area is 164 Å². The van der Waals surface area contributed by atoms with Gasteiger partial charge >= 0.3 is 0 Å². The molecule has 0 fully saturated rings. The van der Waals surface area contributed by atoms with Gasteiger partial charge in [0.05, 0.1) is 5.75 Å². The summed E-state index contributed by atoms with van der Waals surface area (Å²) in [4.78, 5) is 11.9. The monoisotopic (exact) mass is 405 g/mol. The van der Waals surface area contributed by atoms with Crippen molar-refractivity contribution in [1.29, 1.82) is 0 Å². The topological polar surface area (TPSA) is 77.2 Å². The minimum Gasteiger partial charge on any atom is -0.481 e. The first-order valence-corrected chi connectivity index (χ1v) is 9.38. The molecule has 1 amide bonds. The van der Waals surface area contributed by atoms with Crippen molar-refractivity contribution in [2.45, 2.75) is 24.8 Å². The Balaban J connectivity index is 1.46. The van der Waals surface area contributed by atoms with Gasteiger partial charge < -0.3 is 14.5 Å². The zero-order valence-corrected chi connectivity index (χ0v) is 15.7. The van der Waals surface area contributed by atoms with E-state index in [0.717, 1.165) is 11.8 Å². The first-order chi connectivity index (χ1) is 13.5. The van der Waals surface area contributed by atoms with Gasteiger partial charge in [0.15, 0.2) is 6.10 Å². The Morgan fingerprint density at radius 1 is 1.18 bits per heavy atom. The molecule has 146 valence electrons. The van der Waals surface area contributed by atoms with Gasteiger partial charge in [0.2, 0.25) is 5.91 Å². The van der Waals surface area contributed by atoms with E-state index < -0.39 is 6.10 Å². The Bertz CT molecular complexity index is 934. The molecule has 1 heterocycles. The highest BCUT2D eigenvalue weighted by Gasteiger charge is 2.17. The van der Waals surface area contributed by atoms with E-state index in [-0.39, 0.29) is 41.0 Å². The number of hydrogen-bond donors (Lipinski definition) is 1. The van der Waals surface area contributed by atoms with Crippen LogP contribution in [-0.2, 0) is 11.3 Å². The number of thioether (sulfide) groups is 1. The molecular formula is C19H17F2N3O3S. The lowest BCUT2D eigenvalue weighted by Crippen LogP contribution is -2.25. The van der Waals surface area contributed by atoms with Gasteiger partial charge in [-0.2, -0.15) is 0 Å². The largest absolute Gasteiger partial charge is 0.481 e. The first-order valence-electron chi connectivity index (χ1n) is 8.40. The van der Waals surface area contributed by atoms with E-state index in [1.807, 2.05) is 0 Å². The summed E-state index contributed by atoms with van der Waals surface area (Å²) in [5.41, 5.74) is 0.410. The number of amides is 1. The van der Waals surface area contributed by atoms with Crippen molar-refractivity contribution in [3.8, 4) is 5.75 Å². The summed E-state index contributed by atoms with van der Waals surface area (Å²) in [7, 11) is 0. The van der Waals surface area contributed by atoms with Crippen LogP contribution >= 0.6 is 11.8 Å². The molecule has 1 atom stereocenters. The van der Waals surface area contributed by atoms with E-state index in [9.17, 15) is 13.6 Å². The number of aromatic nitrogens is 2. The Hall–Kier alpha value is -2.94. The zero-order chi connectivity index (χ0) is 19.9. The van der Waals surface area contributed by atoms with Crippen LogP contribution in [-0.4, -0.2) is 21.9 Å². The third kappa shape index (κ3) is 5.53. The molecule has 1 unspecified atom stereocenters. The second kappa shape index (κ2) is 9.32. The highest BCUT2D eigenvalue weighted by Crippen LogP contribution is 2.24. The predicted molar refractivity (Wildman–Crippen MR) is 98.7 cm³/mol. The van der Waals surface area contributed by atoms with E-state index in [4.69, 9.17) is 9.15 Å². The van der Waals surface area contributed by atoms with Crippen molar-refractivity contribution in [1.82, 2.24) is 15.5 Å². The third-order valence-electron chi connectivity index (χ3n) is 3.66. The summed E-state index contributed by atoms with van der Waals surface area (Å²) in [6, 6.07) is 11.8. The lowest BCUT2D eigenvalue weighted by molar-refractivity contribution is -0.118. The smallest absolute Gasteiger partial charge is 0.277 e. The predicted octanol–water partition coefficient (Wildman–Crippen LogP) is 3.90. The van der Waals surface area contributed by atoms with E-state index >= 15 is 0 Å². The summed E-state index contributed by atoms with van der Waals surface area (Å²) in [5, 5.41) is 10.6. The molecule has 6 nitrogen and oxygen atoms in total. The molecule has 2 aromatic carbocycles. The number of nitrogens with one attached hydrogen (secondary N) is 1. The van der Waals surface area contributed by atoms with Crippen molar-refractivity contribution in [2.75, 3.05) is 5.75 Å². The minimum absolute atomic E-state index is 0.0449. The van der Waals surface area contributed by atoms with Gasteiger partial charge in [-0.15, -0.1) is 10.2 Å². The van der Waals surface area contributed by atoms with Crippen LogP contribution in [0.25, 0.3) is 0 Å². The molecule has 0 radical (unpaired) electrons. The van der Waals surface area contributed by atoms with Crippen LogP contribution in [0.2, 0.25) is 0 Å². The van der Waals surface area contributed by atoms with Crippen LogP contribution in [0.1, 0.15) is 24.5 Å². The van der Waals surface area contributed by atoms with Crippen LogP contribution in [0.4, 0.5) is 8.78 Å². The summed E-state index contributed by atoms with van der Waals surface area (Å²) >= 11 is 1.06. The highest BCUT2D eigenvalue weighted by molar-refractivity contribution is 7.99. The van der Waals surface area contributed by atoms with E-state index in [1.54, 1.807) is 25.1 Å². The number of nitrogens with zero attached hydrogens (tertiary/aromatic N) is 2. The standard InChI is InChI=1S/C19H17F2N3O3S/c1-12(26-15-8-6-14(20)7-9-15)18-23-24-19(27-18)28-11-17(25)22-10-13-4-2-3-5-16(13)21/h2-9,12H,10-11H2,1H3,(H,22,25). The van der Waals surface area contributed by atoms with Gasteiger partial charge in [0.1, 0.15) is 17.4 Å². The molecule has 9 heteroatoms. The van der Waals surface area contributed by atoms with Crippen LogP contribution in [0.5, 0.6) is 5.75 Å². The van der Waals surface area contributed by atoms with E-state index in [2.05, 4.69) is 15.5 Å². The van der Waals surface area contributed by atoms with Crippen LogP contribution in [0, 0.1) is 11.6 Å². The Morgan fingerprint density at radius 3 is 2.68 bits per heavy atom. The first kappa shape index (κ1) is 19.8. The molecule has 0 aliphatic rings. The van der Waals surface area contributed by atoms with E-state index in [1.165, 1.54) is 30.3 Å². The molecule has 0 spiro atoms. The lowest BCUT2D eigenvalue weighted by atomic mass is 10.2. The molecule has 0 bridgehead atoms. The van der Waals surface area contributed by atoms with Crippen molar-refractivity contribution in [3.05, 3.63) is 71.6 Å². The maximum atomic E-state index is 13.5. The van der Waals surface area contributed by atoms with Gasteiger partial charge in [0.25, 0.3) is 11.1 Å². The summed E-state index contributed by atoms with van der Waals surface area (Å²) in [5.74, 6) is -0.267. The van der Waals surface area contributed by atoms with E-state index in [0.29, 0.717) is 11.3 Å². The van der Waals surface area contributed by atoms with Crippen LogP contribution in [0.15, 0.2) is 58.2 Å². The number of halogens is 2. The second-order valence-corrected chi connectivity index (χ2v) is 6.70. The summed E-state index contributed by atoms with van der Waals surface area (Å²) < 4.78 is 37.5. The highest BCUT2D eigenvalue weighted by atomic mass is 32.2. The van der Waals surface area contributed by atoms with Gasteiger partial charge in [-0.1, -0.05) is 30.0 Å². The summed E-state index contributed by atoms with van der Waals surface area (Å²) in [6.07, 6.45) is -0.540. The van der Waals surface area contributed by atoms with Gasteiger partial charge in [0, 0.05) is 12.1 Å². The molecular weight excluding hydrogens is 388 g/mol. The normalized spacial score (nSPS) is 11.8. The molecule has 1 aromatic heterocycles. The number of hydrogen-bond acceptors (Lipinski definition) is 6. The number of benzene rings is 2. The van der Waals surface area contributed by atoms with Crippen molar-refractivity contribution >= 4 is 17.7 Å². The molecule has 0 aliphatic carbocycles. The number of carbonyl (C=O) groups is 1. The molecule has 0 saturated heterocycles. The van der Waals surface area contributed by atoms with Crippen molar-refractivity contribution in [2.24, 2.45) is 0 Å². The Morgan fingerprint density at radius 2 is 1.93 bits per heavy atom. The molecule has 0 aliphatic heterocycles. The fourth-order valence-corrected chi connectivity index (χ4v) is 2.82. The lowest BCUT2D eigenvalue weighted by Gasteiger charge is -2.10. The zero-order valence-electron chi connectivity index (χ0n) is 14.9. The molecule has 28 heavy (non-hydrogen) atoms. The third-order valence-corrected chi connectivity index (χ3v) is 4.48. The van der Waals surface area contributed by atoms with Crippen molar-refractivity contribution in [3.63, 3.8) is 0 Å². The summed E-state index contributed by atoms with van der Waals surface area (Å²) in [6.45, 7) is 1.82. The fraction of sp³-hybridized carbons (Fsp3) is 0.211. The molecule has 0 saturated carbocycles. The average Bonchev–Trinajstić information content (AvgIpc) is 3.17. The number of carbonyl (C=O) groups excluding carboxylic acids is 1. The molecule has 3 aromatic rings. The number of rotatable bonds is 8. The SMILES string of the molecule is CC(Oc1ccc(F)cc1)c1nnc(SCC(=O)NCc2ccccc2F)o1. The van der Waals surface area contributed by atoms with Crippen molar-refractivity contribution < 1.29 is 22.7 Å². The molecule has 3 rings (SSSR count). The van der Waals surface area contributed by atoms with Gasteiger partial charge in [-0.05, 0) is 37.3 Å². The fourth-order valence-electron chi connectivity index (χ4n) is 2.22. The van der Waals surface area contributed by atoms with Crippen LogP contribution < -0.4 is 10.1 Å². The Kier molecular flexibility index (Phi) is 6.59. The van der Waals surface area contributed by atoms with Crippen LogP contribution in [0.3, 0.4) is 0 Å². The molecule has 1 N–H and O–H groups in total. The maximum absolute atomic E-state index is 13.5. The number of ether oxygens (including phenoxy) is 1.